The molecule has 0 radical (unpaired) electrons. The van der Waals surface area contributed by atoms with E-state index in [9.17, 15) is 10.1 Å². The Balaban J connectivity index is 2.84. The summed E-state index contributed by atoms with van der Waals surface area (Å²) in [5.74, 6) is -0.343. The minimum Gasteiger partial charge on any atom is -0.363 e. The number of nitrogens with zero attached hydrogens (tertiary/aromatic N) is 4. The van der Waals surface area contributed by atoms with Gasteiger partial charge in [-0.15, -0.1) is 0 Å². The van der Waals surface area contributed by atoms with Gasteiger partial charge in [0.1, 0.15) is 5.10 Å². The molecule has 0 aromatic heterocycles. The molecule has 0 bridgehead atoms. The van der Waals surface area contributed by atoms with Gasteiger partial charge in [-0.25, -0.2) is 15.1 Å². The number of nitrogens with two attached hydrogens (primary N) is 1. The van der Waals surface area contributed by atoms with Crippen LogP contribution in [0.5, 0.6) is 0 Å². The Morgan fingerprint density at radius 2 is 2.35 bits per heavy atom. The fourth-order valence-corrected chi connectivity index (χ4v) is 1.36. The smallest absolute Gasteiger partial charge is 0.289 e. The number of rotatable bonds is 4. The quantitative estimate of drug-likeness (QED) is 0.379. The molecule has 8 heteroatoms. The molecule has 7 nitrogen and oxygen atoms in total. The number of nitro groups is 1. The highest BCUT2D eigenvalue weighted by Crippen LogP contribution is 2.12. The van der Waals surface area contributed by atoms with Crippen LogP contribution < -0.4 is 5.73 Å². The maximum atomic E-state index is 10.2. The van der Waals surface area contributed by atoms with Crippen LogP contribution >= 0.6 is 11.6 Å². The van der Waals surface area contributed by atoms with Crippen molar-refractivity contribution < 1.29 is 5.03 Å². The summed E-state index contributed by atoms with van der Waals surface area (Å²) in [6.07, 6.45) is 0. The highest BCUT2D eigenvalue weighted by molar-refractivity contribution is 6.30. The van der Waals surface area contributed by atoms with Crippen LogP contribution in [0.1, 0.15) is 5.56 Å². The Labute approximate surface area is 102 Å². The van der Waals surface area contributed by atoms with Crippen molar-refractivity contribution in [3.8, 4) is 0 Å². The molecular formula is C9H10ClN5O2. The van der Waals surface area contributed by atoms with Crippen molar-refractivity contribution in [2.75, 3.05) is 0 Å². The lowest BCUT2D eigenvalue weighted by atomic mass is 10.2. The van der Waals surface area contributed by atoms with Crippen LogP contribution in [0.15, 0.2) is 34.5 Å². The van der Waals surface area contributed by atoms with Gasteiger partial charge >= 0.3 is 0 Å². The summed E-state index contributed by atoms with van der Waals surface area (Å²) in [7, 11) is 0. The van der Waals surface area contributed by atoms with E-state index in [1.54, 1.807) is 24.3 Å². The van der Waals surface area contributed by atoms with E-state index in [-0.39, 0.29) is 12.5 Å². The molecule has 0 spiro atoms. The maximum Gasteiger partial charge on any atom is 0.289 e. The van der Waals surface area contributed by atoms with E-state index in [4.69, 9.17) is 17.3 Å². The summed E-state index contributed by atoms with van der Waals surface area (Å²) in [4.78, 5) is 10.2. The van der Waals surface area contributed by atoms with Crippen molar-refractivity contribution in [1.82, 2.24) is 5.01 Å². The van der Waals surface area contributed by atoms with Gasteiger partial charge in [-0.1, -0.05) is 23.7 Å². The number of hydrogen-bond acceptors (Lipinski definition) is 3. The van der Waals surface area contributed by atoms with Crippen molar-refractivity contribution >= 4 is 24.3 Å². The molecule has 0 unspecified atom stereocenters. The second-order valence-corrected chi connectivity index (χ2v) is 3.46. The molecule has 1 rings (SSSR count). The second kappa shape index (κ2) is 5.80. The van der Waals surface area contributed by atoms with Crippen molar-refractivity contribution in [3.05, 3.63) is 45.0 Å². The summed E-state index contributed by atoms with van der Waals surface area (Å²) in [6, 6.07) is 6.94. The molecule has 90 valence electrons. The van der Waals surface area contributed by atoms with E-state index in [0.717, 1.165) is 10.6 Å². The maximum absolute atomic E-state index is 10.2. The van der Waals surface area contributed by atoms with Crippen molar-refractivity contribution in [2.45, 2.75) is 6.54 Å². The first-order valence-electron chi connectivity index (χ1n) is 4.50. The Hall–Kier alpha value is -2.15. The van der Waals surface area contributed by atoms with Crippen molar-refractivity contribution in [3.63, 3.8) is 0 Å². The van der Waals surface area contributed by atoms with Crippen LogP contribution in [0, 0.1) is 10.1 Å². The number of halogens is 1. The zero-order valence-electron chi connectivity index (χ0n) is 8.78. The van der Waals surface area contributed by atoms with Gasteiger partial charge in [0.2, 0.25) is 0 Å². The fourth-order valence-electron chi connectivity index (χ4n) is 1.15. The third-order valence-electron chi connectivity index (χ3n) is 1.84. The van der Waals surface area contributed by atoms with E-state index >= 15 is 0 Å². The Morgan fingerprint density at radius 3 is 2.88 bits per heavy atom. The molecule has 0 saturated heterocycles. The van der Waals surface area contributed by atoms with Gasteiger partial charge in [0.15, 0.2) is 5.03 Å². The van der Waals surface area contributed by atoms with E-state index in [0.29, 0.717) is 5.02 Å². The average molecular weight is 256 g/mol. The first kappa shape index (κ1) is 12.9. The molecule has 0 aliphatic rings. The van der Waals surface area contributed by atoms with Crippen LogP contribution in [0.3, 0.4) is 0 Å². The number of hydrogen-bond donors (Lipinski definition) is 1. The highest BCUT2D eigenvalue weighted by Gasteiger charge is 2.10. The normalized spacial score (nSPS) is 11.0. The predicted octanol–water partition coefficient (Wildman–Crippen LogP) is 1.26. The van der Waals surface area contributed by atoms with Crippen LogP contribution in [0.4, 0.5) is 0 Å². The first-order chi connectivity index (χ1) is 8.02. The lowest BCUT2D eigenvalue weighted by Gasteiger charge is -2.14. The number of guanidine groups is 1. The summed E-state index contributed by atoms with van der Waals surface area (Å²) in [5.41, 5.74) is 6.17. The fraction of sp³-hybridized carbons (Fsp3) is 0.111. The second-order valence-electron chi connectivity index (χ2n) is 3.03. The minimum atomic E-state index is -0.897. The van der Waals surface area contributed by atoms with E-state index in [1.165, 1.54) is 0 Å². The van der Waals surface area contributed by atoms with Gasteiger partial charge in [0, 0.05) is 11.7 Å². The average Bonchev–Trinajstić information content (AvgIpc) is 2.24. The van der Waals surface area contributed by atoms with E-state index in [2.05, 4.69) is 16.9 Å². The Kier molecular flexibility index (Phi) is 4.41. The van der Waals surface area contributed by atoms with Crippen LogP contribution in [-0.4, -0.2) is 22.7 Å². The van der Waals surface area contributed by atoms with Gasteiger partial charge in [0.05, 0.1) is 6.54 Å². The van der Waals surface area contributed by atoms with E-state index in [1.807, 2.05) is 0 Å². The van der Waals surface area contributed by atoms with Gasteiger partial charge < -0.3 is 5.73 Å². The van der Waals surface area contributed by atoms with Gasteiger partial charge in [-0.3, -0.25) is 0 Å². The van der Waals surface area contributed by atoms with E-state index < -0.39 is 5.03 Å². The van der Waals surface area contributed by atoms with Gasteiger partial charge in [-0.2, -0.15) is 5.10 Å². The topological polar surface area (TPSA) is 97.1 Å². The Bertz CT molecular complexity index is 462. The molecular weight excluding hydrogens is 246 g/mol. The summed E-state index contributed by atoms with van der Waals surface area (Å²) in [6.45, 7) is 3.47. The predicted molar refractivity (Wildman–Crippen MR) is 65.2 cm³/mol. The third kappa shape index (κ3) is 4.07. The highest BCUT2D eigenvalue weighted by atomic mass is 35.5. The molecule has 0 amide bonds. The molecule has 1 aromatic carbocycles. The molecule has 1 aromatic rings. The molecule has 0 atom stereocenters. The first-order valence-corrected chi connectivity index (χ1v) is 4.88. The third-order valence-corrected chi connectivity index (χ3v) is 2.08. The standard InChI is InChI=1S/C9H10ClN5O2/c1-12-14(9(11)13-15(16)17)6-7-3-2-4-8(10)5-7/h2-5H,1,6H2,(H2,11,13). The molecule has 0 fully saturated rings. The van der Waals surface area contributed by atoms with Crippen LogP contribution in [0.25, 0.3) is 0 Å². The van der Waals surface area contributed by atoms with Crippen molar-refractivity contribution in [1.29, 1.82) is 0 Å². The summed E-state index contributed by atoms with van der Waals surface area (Å²) in [5, 5.41) is 17.4. The zero-order valence-corrected chi connectivity index (χ0v) is 9.54. The molecule has 0 saturated carbocycles. The lowest BCUT2D eigenvalue weighted by Crippen LogP contribution is -2.33. The largest absolute Gasteiger partial charge is 0.363 e. The van der Waals surface area contributed by atoms with Gasteiger partial charge in [-0.05, 0) is 17.7 Å². The Morgan fingerprint density at radius 1 is 1.65 bits per heavy atom. The molecule has 17 heavy (non-hydrogen) atoms. The van der Waals surface area contributed by atoms with Crippen LogP contribution in [-0.2, 0) is 6.54 Å². The minimum absolute atomic E-state index is 0.202. The summed E-state index contributed by atoms with van der Waals surface area (Å²) >= 11 is 5.80. The van der Waals surface area contributed by atoms with Crippen molar-refractivity contribution in [2.24, 2.45) is 15.9 Å². The molecule has 0 aliphatic carbocycles. The lowest BCUT2D eigenvalue weighted by molar-refractivity contribution is -0.485. The summed E-state index contributed by atoms with van der Waals surface area (Å²) < 4.78 is 0. The molecule has 0 heterocycles. The molecule has 0 aliphatic heterocycles. The van der Waals surface area contributed by atoms with Crippen LogP contribution in [0.2, 0.25) is 5.02 Å². The number of benzene rings is 1. The monoisotopic (exact) mass is 255 g/mol. The van der Waals surface area contributed by atoms with Gasteiger partial charge in [0.25, 0.3) is 5.96 Å². The zero-order chi connectivity index (χ0) is 12.8. The number of hydrazone groups is 2. The SMILES string of the molecule is C=NN(Cc1cccc(Cl)c1)/C(N)=N\[N+](=O)[O-]. The molecule has 2 N–H and O–H groups in total.